The zero-order valence-corrected chi connectivity index (χ0v) is 13.2. The van der Waals surface area contributed by atoms with Gasteiger partial charge in [0, 0.05) is 5.38 Å². The molecule has 1 aromatic rings. The van der Waals surface area contributed by atoms with E-state index in [-0.39, 0.29) is 12.0 Å². The molecule has 0 saturated carbocycles. The summed E-state index contributed by atoms with van der Waals surface area (Å²) in [5.74, 6) is -1.05. The van der Waals surface area contributed by atoms with Crippen LogP contribution in [0.15, 0.2) is 23.1 Å². The van der Waals surface area contributed by atoms with Crippen LogP contribution in [0.2, 0.25) is 0 Å². The van der Waals surface area contributed by atoms with Crippen LogP contribution in [-0.4, -0.2) is 19.3 Å². The Morgan fingerprint density at radius 1 is 1.19 bits per heavy atom. The van der Waals surface area contributed by atoms with E-state index >= 15 is 0 Å². The second kappa shape index (κ2) is 5.76. The maximum atomic E-state index is 13.2. The van der Waals surface area contributed by atoms with Gasteiger partial charge in [0.15, 0.2) is 0 Å². The highest BCUT2D eigenvalue weighted by molar-refractivity contribution is 7.92. The second-order valence-electron chi connectivity index (χ2n) is 5.74. The van der Waals surface area contributed by atoms with Crippen molar-refractivity contribution in [2.24, 2.45) is 5.41 Å². The van der Waals surface area contributed by atoms with Gasteiger partial charge in [0.05, 0.1) is 4.90 Å². The molecule has 0 aromatic heterocycles. The molecule has 0 fully saturated rings. The minimum absolute atomic E-state index is 0.115. The molecule has 21 heavy (non-hydrogen) atoms. The maximum Gasteiger partial charge on any atom is 0.501 e. The SMILES string of the molecule is CC(C)(C)C(Cl)Cc1ccc(F)cc1S(=O)(=O)C(F)(F)F. The van der Waals surface area contributed by atoms with Gasteiger partial charge in [-0.15, -0.1) is 11.6 Å². The molecular formula is C13H15ClF4O2S. The largest absolute Gasteiger partial charge is 0.501 e. The van der Waals surface area contributed by atoms with E-state index in [1.54, 1.807) is 20.8 Å². The summed E-state index contributed by atoms with van der Waals surface area (Å²) in [4.78, 5) is -1.08. The lowest BCUT2D eigenvalue weighted by molar-refractivity contribution is -0.0436. The Balaban J connectivity index is 3.38. The van der Waals surface area contributed by atoms with Crippen LogP contribution in [0.1, 0.15) is 26.3 Å². The van der Waals surface area contributed by atoms with Gasteiger partial charge in [-0.1, -0.05) is 26.8 Å². The molecule has 0 spiro atoms. The molecule has 0 bridgehead atoms. The highest BCUT2D eigenvalue weighted by Crippen LogP contribution is 2.35. The Morgan fingerprint density at radius 2 is 1.71 bits per heavy atom. The maximum absolute atomic E-state index is 13.2. The van der Waals surface area contributed by atoms with Gasteiger partial charge in [0.1, 0.15) is 5.82 Å². The second-order valence-corrected chi connectivity index (χ2v) is 8.18. The van der Waals surface area contributed by atoms with Gasteiger partial charge in [-0.2, -0.15) is 13.2 Å². The van der Waals surface area contributed by atoms with Gasteiger partial charge in [0.25, 0.3) is 9.84 Å². The summed E-state index contributed by atoms with van der Waals surface area (Å²) in [5.41, 5.74) is -6.09. The average molecular weight is 347 g/mol. The van der Waals surface area contributed by atoms with E-state index in [9.17, 15) is 26.0 Å². The topological polar surface area (TPSA) is 34.1 Å². The Hall–Kier alpha value is -0.820. The van der Waals surface area contributed by atoms with E-state index in [4.69, 9.17) is 11.6 Å². The molecule has 1 rings (SSSR count). The van der Waals surface area contributed by atoms with Crippen molar-refractivity contribution in [3.8, 4) is 0 Å². The zero-order valence-electron chi connectivity index (χ0n) is 11.6. The molecule has 0 N–H and O–H groups in total. The van der Waals surface area contributed by atoms with Crippen LogP contribution in [-0.2, 0) is 16.3 Å². The lowest BCUT2D eigenvalue weighted by Gasteiger charge is -2.26. The van der Waals surface area contributed by atoms with Crippen molar-refractivity contribution in [1.29, 1.82) is 0 Å². The van der Waals surface area contributed by atoms with Crippen molar-refractivity contribution in [2.75, 3.05) is 0 Å². The first-order chi connectivity index (χ1) is 9.26. The quantitative estimate of drug-likeness (QED) is 0.603. The highest BCUT2D eigenvalue weighted by Gasteiger charge is 2.48. The third kappa shape index (κ3) is 4.10. The summed E-state index contributed by atoms with van der Waals surface area (Å²) >= 11 is 6.10. The molecule has 0 aliphatic heterocycles. The van der Waals surface area contributed by atoms with Crippen LogP contribution in [0.5, 0.6) is 0 Å². The first-order valence-corrected chi connectivity index (χ1v) is 7.92. The normalized spacial score (nSPS) is 15.0. The summed E-state index contributed by atoms with van der Waals surface area (Å²) in [5, 5.41) is -0.606. The fourth-order valence-electron chi connectivity index (χ4n) is 1.57. The molecule has 1 unspecified atom stereocenters. The van der Waals surface area contributed by atoms with Crippen LogP contribution in [0.4, 0.5) is 17.6 Å². The van der Waals surface area contributed by atoms with E-state index in [2.05, 4.69) is 0 Å². The first-order valence-electron chi connectivity index (χ1n) is 6.00. The molecule has 120 valence electrons. The average Bonchev–Trinajstić information content (AvgIpc) is 2.28. The Morgan fingerprint density at radius 3 is 2.14 bits per heavy atom. The van der Waals surface area contributed by atoms with Crippen molar-refractivity contribution >= 4 is 21.4 Å². The van der Waals surface area contributed by atoms with Gasteiger partial charge < -0.3 is 0 Å². The Labute approximate surface area is 126 Å². The van der Waals surface area contributed by atoms with Crippen molar-refractivity contribution in [2.45, 2.75) is 43.0 Å². The van der Waals surface area contributed by atoms with Gasteiger partial charge >= 0.3 is 5.51 Å². The molecular weight excluding hydrogens is 332 g/mol. The molecule has 0 aliphatic rings. The molecule has 0 saturated heterocycles. The van der Waals surface area contributed by atoms with E-state index in [1.807, 2.05) is 0 Å². The van der Waals surface area contributed by atoms with Crippen LogP contribution >= 0.6 is 11.6 Å². The summed E-state index contributed by atoms with van der Waals surface area (Å²) in [6.45, 7) is 5.31. The number of sulfone groups is 1. The summed E-state index contributed by atoms with van der Waals surface area (Å²) in [6, 6.07) is 2.32. The number of rotatable bonds is 3. The summed E-state index contributed by atoms with van der Waals surface area (Å²) in [7, 11) is -5.62. The Bertz CT molecular complexity index is 618. The predicted molar refractivity (Wildman–Crippen MR) is 72.4 cm³/mol. The van der Waals surface area contributed by atoms with Crippen LogP contribution in [0.3, 0.4) is 0 Å². The van der Waals surface area contributed by atoms with E-state index in [0.29, 0.717) is 6.07 Å². The first kappa shape index (κ1) is 18.2. The Kier molecular flexibility index (Phi) is 5.00. The lowest BCUT2D eigenvalue weighted by Crippen LogP contribution is -2.27. The fraction of sp³-hybridized carbons (Fsp3) is 0.538. The zero-order chi connectivity index (χ0) is 16.6. The molecule has 1 atom stereocenters. The van der Waals surface area contributed by atoms with E-state index < -0.39 is 36.9 Å². The third-order valence-electron chi connectivity index (χ3n) is 2.96. The number of alkyl halides is 4. The molecule has 0 amide bonds. The minimum Gasteiger partial charge on any atom is -0.214 e. The number of hydrogen-bond acceptors (Lipinski definition) is 2. The molecule has 8 heteroatoms. The van der Waals surface area contributed by atoms with Gasteiger partial charge in [0.2, 0.25) is 0 Å². The highest BCUT2D eigenvalue weighted by atomic mass is 35.5. The van der Waals surface area contributed by atoms with Crippen LogP contribution < -0.4 is 0 Å². The summed E-state index contributed by atoms with van der Waals surface area (Å²) < 4.78 is 74.2. The van der Waals surface area contributed by atoms with E-state index in [1.165, 1.54) is 0 Å². The van der Waals surface area contributed by atoms with E-state index in [0.717, 1.165) is 12.1 Å². The molecule has 2 nitrogen and oxygen atoms in total. The monoisotopic (exact) mass is 346 g/mol. The van der Waals surface area contributed by atoms with Gasteiger partial charge in [-0.05, 0) is 29.5 Å². The summed E-state index contributed by atoms with van der Waals surface area (Å²) in [6.07, 6.45) is -0.115. The van der Waals surface area contributed by atoms with Crippen LogP contribution in [0.25, 0.3) is 0 Å². The third-order valence-corrected chi connectivity index (χ3v) is 5.34. The van der Waals surface area contributed by atoms with Crippen LogP contribution in [0, 0.1) is 11.2 Å². The smallest absolute Gasteiger partial charge is 0.214 e. The number of hydrogen-bond donors (Lipinski definition) is 0. The molecule has 1 aromatic carbocycles. The number of benzene rings is 1. The minimum atomic E-state index is -5.62. The standard InChI is InChI=1S/C13H15ClF4O2S/c1-12(2,3)11(14)6-8-4-5-9(15)7-10(8)21(19,20)13(16,17)18/h4-5,7,11H,6H2,1-3H3. The molecule has 0 aliphatic carbocycles. The van der Waals surface area contributed by atoms with Crippen molar-refractivity contribution in [3.63, 3.8) is 0 Å². The lowest BCUT2D eigenvalue weighted by atomic mass is 9.88. The van der Waals surface area contributed by atoms with Gasteiger partial charge in [-0.25, -0.2) is 12.8 Å². The van der Waals surface area contributed by atoms with Crippen molar-refractivity contribution in [1.82, 2.24) is 0 Å². The molecule has 0 radical (unpaired) electrons. The van der Waals surface area contributed by atoms with Crippen molar-refractivity contribution in [3.05, 3.63) is 29.6 Å². The molecule has 0 heterocycles. The predicted octanol–water partition coefficient (Wildman–Crippen LogP) is 4.32. The van der Waals surface area contributed by atoms with Crippen molar-refractivity contribution < 1.29 is 26.0 Å². The number of halogens is 5. The fourth-order valence-corrected chi connectivity index (χ4v) is 2.75. The van der Waals surface area contributed by atoms with Gasteiger partial charge in [-0.3, -0.25) is 0 Å².